The Morgan fingerprint density at radius 1 is 1.06 bits per heavy atom. The van der Waals surface area contributed by atoms with Gasteiger partial charge in [0.2, 0.25) is 0 Å². The second-order valence-corrected chi connectivity index (χ2v) is 7.90. The number of aliphatic hydroxyl groups is 1. The smallest absolute Gasteiger partial charge is 0.301 e. The van der Waals surface area contributed by atoms with Crippen LogP contribution >= 0.6 is 0 Å². The van der Waals surface area contributed by atoms with Crippen LogP contribution in [0.3, 0.4) is 0 Å². The van der Waals surface area contributed by atoms with Crippen LogP contribution in [0, 0.1) is 10.1 Å². The quantitative estimate of drug-likeness (QED) is 0.190. The van der Waals surface area contributed by atoms with Crippen LogP contribution in [0.2, 0.25) is 0 Å². The van der Waals surface area contributed by atoms with E-state index in [1.54, 1.807) is 42.5 Å². The summed E-state index contributed by atoms with van der Waals surface area (Å²) in [6.07, 6.45) is 1.44. The molecule has 0 radical (unpaired) electrons. The van der Waals surface area contributed by atoms with Crippen LogP contribution in [0.4, 0.5) is 11.5 Å². The molecule has 0 saturated carbocycles. The normalized spacial score (nSPS) is 17.3. The van der Waals surface area contributed by atoms with Gasteiger partial charge in [0.1, 0.15) is 17.3 Å². The van der Waals surface area contributed by atoms with Crippen LogP contribution in [0.1, 0.15) is 31.0 Å². The fourth-order valence-corrected chi connectivity index (χ4v) is 3.78. The van der Waals surface area contributed by atoms with Gasteiger partial charge in [0.15, 0.2) is 0 Å². The molecule has 3 aromatic rings. The SMILES string of the molecule is CC(C)Oc1ccc(/C(O)=C2\C(=O)C(=O)N(c3ccccn3)[C@H]2c2ccc([N+](=O)[O-])cc2)cc1. The minimum absolute atomic E-state index is 0.0368. The summed E-state index contributed by atoms with van der Waals surface area (Å²) in [6, 6.07) is 15.9. The zero-order valence-corrected chi connectivity index (χ0v) is 18.4. The number of nitro groups is 1. The third kappa shape index (κ3) is 4.23. The molecule has 1 amide bonds. The summed E-state index contributed by atoms with van der Waals surface area (Å²) in [5.41, 5.74) is 0.458. The molecule has 1 aliphatic rings. The molecule has 0 unspecified atom stereocenters. The average Bonchev–Trinajstić information content (AvgIpc) is 3.09. The maximum atomic E-state index is 13.1. The molecule has 9 nitrogen and oxygen atoms in total. The molecule has 0 bridgehead atoms. The fourth-order valence-electron chi connectivity index (χ4n) is 3.78. The number of non-ortho nitro benzene ring substituents is 1. The van der Waals surface area contributed by atoms with Crippen LogP contribution in [0.5, 0.6) is 5.75 Å². The monoisotopic (exact) mass is 459 g/mol. The number of hydrogen-bond donors (Lipinski definition) is 1. The number of pyridine rings is 1. The number of anilines is 1. The van der Waals surface area contributed by atoms with Crippen molar-refractivity contribution in [2.75, 3.05) is 4.90 Å². The molecule has 2 aromatic carbocycles. The molecular weight excluding hydrogens is 438 g/mol. The molecule has 1 N–H and O–H groups in total. The van der Waals surface area contributed by atoms with Gasteiger partial charge in [0.05, 0.1) is 22.6 Å². The topological polar surface area (TPSA) is 123 Å². The molecule has 1 atom stereocenters. The average molecular weight is 459 g/mol. The Morgan fingerprint density at radius 3 is 2.29 bits per heavy atom. The first kappa shape index (κ1) is 22.7. The van der Waals surface area contributed by atoms with Crippen LogP contribution in [0.25, 0.3) is 5.76 Å². The number of aromatic nitrogens is 1. The van der Waals surface area contributed by atoms with E-state index in [9.17, 15) is 24.8 Å². The van der Waals surface area contributed by atoms with E-state index in [1.165, 1.54) is 35.4 Å². The Morgan fingerprint density at radius 2 is 1.74 bits per heavy atom. The number of carbonyl (C=O) groups excluding carboxylic acids is 2. The number of ether oxygens (including phenoxy) is 1. The second kappa shape index (κ2) is 9.14. The Labute approximate surface area is 195 Å². The van der Waals surface area contributed by atoms with E-state index in [1.807, 2.05) is 13.8 Å². The predicted molar refractivity (Wildman–Crippen MR) is 124 cm³/mol. The zero-order valence-electron chi connectivity index (χ0n) is 18.4. The van der Waals surface area contributed by atoms with Gasteiger partial charge in [-0.25, -0.2) is 4.98 Å². The van der Waals surface area contributed by atoms with Crippen LogP contribution in [-0.4, -0.2) is 32.8 Å². The summed E-state index contributed by atoms with van der Waals surface area (Å²) in [6.45, 7) is 3.77. The minimum atomic E-state index is -1.03. The van der Waals surface area contributed by atoms with Crippen molar-refractivity contribution in [3.05, 3.63) is 99.7 Å². The Kier molecular flexibility index (Phi) is 6.09. The van der Waals surface area contributed by atoms with E-state index in [4.69, 9.17) is 4.74 Å². The zero-order chi connectivity index (χ0) is 24.4. The molecule has 2 heterocycles. The highest BCUT2D eigenvalue weighted by atomic mass is 16.6. The molecule has 1 fully saturated rings. The molecular formula is C25H21N3O6. The predicted octanol–water partition coefficient (Wildman–Crippen LogP) is 4.40. The highest BCUT2D eigenvalue weighted by molar-refractivity contribution is 6.51. The summed E-state index contributed by atoms with van der Waals surface area (Å²) >= 11 is 0. The second-order valence-electron chi connectivity index (χ2n) is 7.90. The van der Waals surface area contributed by atoms with Gasteiger partial charge in [0.25, 0.3) is 11.5 Å². The maximum Gasteiger partial charge on any atom is 0.301 e. The van der Waals surface area contributed by atoms with Gasteiger partial charge in [-0.3, -0.25) is 24.6 Å². The van der Waals surface area contributed by atoms with Crippen molar-refractivity contribution in [1.29, 1.82) is 0 Å². The Hall–Kier alpha value is -4.53. The molecule has 1 aliphatic heterocycles. The van der Waals surface area contributed by atoms with Gasteiger partial charge in [-0.1, -0.05) is 6.07 Å². The number of carbonyl (C=O) groups is 2. The lowest BCUT2D eigenvalue weighted by molar-refractivity contribution is -0.384. The fraction of sp³-hybridized carbons (Fsp3) is 0.160. The lowest BCUT2D eigenvalue weighted by atomic mass is 9.95. The first-order valence-electron chi connectivity index (χ1n) is 10.5. The standard InChI is InChI=1S/C25H21N3O6/c1-15(2)34-19-12-8-17(9-13-19)23(29)21-22(16-6-10-18(11-7-16)28(32)33)27(25(31)24(21)30)20-5-3-4-14-26-20/h3-15,22,29H,1-2H3/b23-21+/t22-/m0/s1. The molecule has 1 saturated heterocycles. The first-order chi connectivity index (χ1) is 16.3. The Balaban J connectivity index is 1.85. The number of rotatable bonds is 6. The minimum Gasteiger partial charge on any atom is -0.507 e. The lowest BCUT2D eigenvalue weighted by Crippen LogP contribution is -2.30. The van der Waals surface area contributed by atoms with Crippen molar-refractivity contribution in [2.45, 2.75) is 26.0 Å². The highest BCUT2D eigenvalue weighted by Gasteiger charge is 2.47. The van der Waals surface area contributed by atoms with Crippen molar-refractivity contribution >= 4 is 29.0 Å². The summed E-state index contributed by atoms with van der Waals surface area (Å²) in [5, 5.41) is 22.2. The van der Waals surface area contributed by atoms with E-state index in [0.29, 0.717) is 16.9 Å². The van der Waals surface area contributed by atoms with Gasteiger partial charge < -0.3 is 9.84 Å². The third-order valence-corrected chi connectivity index (χ3v) is 5.26. The number of benzene rings is 2. The van der Waals surface area contributed by atoms with Gasteiger partial charge in [0, 0.05) is 23.9 Å². The van der Waals surface area contributed by atoms with Gasteiger partial charge in [-0.15, -0.1) is 0 Å². The van der Waals surface area contributed by atoms with Gasteiger partial charge in [-0.2, -0.15) is 0 Å². The van der Waals surface area contributed by atoms with Crippen LogP contribution in [-0.2, 0) is 9.59 Å². The van der Waals surface area contributed by atoms with E-state index in [-0.39, 0.29) is 28.9 Å². The number of hydrogen-bond acceptors (Lipinski definition) is 7. The molecule has 0 aliphatic carbocycles. The van der Waals surface area contributed by atoms with Crippen LogP contribution in [0.15, 0.2) is 78.5 Å². The molecule has 1 aromatic heterocycles. The molecule has 4 rings (SSSR count). The number of nitro benzene ring substituents is 1. The number of ketones is 1. The Bertz CT molecular complexity index is 1270. The summed E-state index contributed by atoms with van der Waals surface area (Å²) in [5.74, 6) is -1.30. The number of aliphatic hydroxyl groups excluding tert-OH is 1. The third-order valence-electron chi connectivity index (χ3n) is 5.26. The van der Waals surface area contributed by atoms with Crippen molar-refractivity contribution in [3.8, 4) is 5.75 Å². The van der Waals surface area contributed by atoms with Gasteiger partial charge in [-0.05, 0) is 67.9 Å². The molecule has 9 heteroatoms. The van der Waals surface area contributed by atoms with E-state index in [2.05, 4.69) is 4.98 Å². The molecule has 172 valence electrons. The van der Waals surface area contributed by atoms with Crippen molar-refractivity contribution in [1.82, 2.24) is 4.98 Å². The highest BCUT2D eigenvalue weighted by Crippen LogP contribution is 2.41. The van der Waals surface area contributed by atoms with Crippen molar-refractivity contribution < 1.29 is 24.4 Å². The van der Waals surface area contributed by atoms with Crippen LogP contribution < -0.4 is 9.64 Å². The summed E-state index contributed by atoms with van der Waals surface area (Å²) < 4.78 is 5.62. The van der Waals surface area contributed by atoms with Crippen molar-refractivity contribution in [3.63, 3.8) is 0 Å². The molecule has 34 heavy (non-hydrogen) atoms. The largest absolute Gasteiger partial charge is 0.507 e. The summed E-state index contributed by atoms with van der Waals surface area (Å²) in [7, 11) is 0. The lowest BCUT2D eigenvalue weighted by Gasteiger charge is -2.24. The van der Waals surface area contributed by atoms with Crippen molar-refractivity contribution in [2.24, 2.45) is 0 Å². The van der Waals surface area contributed by atoms with E-state index < -0.39 is 22.7 Å². The van der Waals surface area contributed by atoms with Gasteiger partial charge >= 0.3 is 5.91 Å². The first-order valence-corrected chi connectivity index (χ1v) is 10.5. The number of nitrogens with zero attached hydrogens (tertiary/aromatic N) is 3. The number of Topliss-reactive ketones (excluding diaryl/α,β-unsaturated/α-hetero) is 1. The summed E-state index contributed by atoms with van der Waals surface area (Å²) in [4.78, 5) is 42.1. The van der Waals surface area contributed by atoms with E-state index >= 15 is 0 Å². The molecule has 0 spiro atoms. The van der Waals surface area contributed by atoms with E-state index in [0.717, 1.165) is 0 Å². The number of amides is 1. The maximum absolute atomic E-state index is 13.1.